The van der Waals surface area contributed by atoms with Crippen LogP contribution in [0.3, 0.4) is 0 Å². The highest BCUT2D eigenvalue weighted by atomic mass is 19.1. The van der Waals surface area contributed by atoms with Crippen molar-refractivity contribution in [2.45, 2.75) is 32.9 Å². The van der Waals surface area contributed by atoms with Crippen molar-refractivity contribution in [2.24, 2.45) is 5.92 Å². The molecule has 2 atom stereocenters. The van der Waals surface area contributed by atoms with Gasteiger partial charge in [-0.25, -0.2) is 9.37 Å². The fraction of sp³-hybridized carbons (Fsp3) is 0.286. The van der Waals surface area contributed by atoms with E-state index < -0.39 is 12.1 Å². The lowest BCUT2D eigenvalue weighted by Gasteiger charge is -2.09. The molecule has 0 saturated heterocycles. The number of carbonyl (C=O) groups excluding carboxylic acids is 2. The van der Waals surface area contributed by atoms with E-state index >= 15 is 0 Å². The molecule has 3 heterocycles. The van der Waals surface area contributed by atoms with Gasteiger partial charge in [0, 0.05) is 47.6 Å². The molecule has 3 aromatic rings. The third-order valence-corrected chi connectivity index (χ3v) is 4.89. The Labute approximate surface area is 161 Å². The molecule has 7 heteroatoms. The summed E-state index contributed by atoms with van der Waals surface area (Å²) in [6.07, 6.45) is 4.68. The van der Waals surface area contributed by atoms with Crippen LogP contribution in [0.2, 0.25) is 0 Å². The molecule has 0 unspecified atom stereocenters. The van der Waals surface area contributed by atoms with Crippen LogP contribution in [0.4, 0.5) is 10.2 Å². The Morgan fingerprint density at radius 2 is 1.93 bits per heavy atom. The first-order chi connectivity index (χ1) is 13.5. The summed E-state index contributed by atoms with van der Waals surface area (Å²) in [7, 11) is 0. The fourth-order valence-electron chi connectivity index (χ4n) is 3.08. The average Bonchev–Trinajstić information content (AvgIpc) is 3.43. The van der Waals surface area contributed by atoms with Crippen molar-refractivity contribution in [1.82, 2.24) is 15.0 Å². The Morgan fingerprint density at radius 3 is 2.61 bits per heavy atom. The molecule has 3 aromatic heterocycles. The van der Waals surface area contributed by atoms with Crippen molar-refractivity contribution >= 4 is 28.4 Å². The van der Waals surface area contributed by atoms with E-state index in [0.717, 1.165) is 22.1 Å². The van der Waals surface area contributed by atoms with Crippen LogP contribution >= 0.6 is 0 Å². The van der Waals surface area contributed by atoms with Crippen molar-refractivity contribution in [3.63, 3.8) is 0 Å². The lowest BCUT2D eigenvalue weighted by Crippen LogP contribution is -2.15. The topological polar surface area (TPSA) is 84.8 Å². The van der Waals surface area contributed by atoms with Crippen LogP contribution in [-0.2, 0) is 4.79 Å². The number of aromatic nitrogens is 3. The molecule has 1 fully saturated rings. The maximum absolute atomic E-state index is 13.0. The van der Waals surface area contributed by atoms with Crippen molar-refractivity contribution < 1.29 is 14.0 Å². The van der Waals surface area contributed by atoms with E-state index in [-0.39, 0.29) is 18.1 Å². The Morgan fingerprint density at radius 1 is 1.14 bits per heavy atom. The second-order valence-electron chi connectivity index (χ2n) is 6.99. The molecule has 1 aliphatic carbocycles. The van der Waals surface area contributed by atoms with Gasteiger partial charge in [0.2, 0.25) is 5.91 Å². The van der Waals surface area contributed by atoms with E-state index in [1.807, 2.05) is 19.9 Å². The summed E-state index contributed by atoms with van der Waals surface area (Å²) in [5, 5.41) is 3.44. The third-order valence-electron chi connectivity index (χ3n) is 4.89. The van der Waals surface area contributed by atoms with Crippen LogP contribution in [0, 0.1) is 12.8 Å². The minimum atomic E-state index is -1.04. The van der Waals surface area contributed by atoms with E-state index in [0.29, 0.717) is 23.4 Å². The maximum Gasteiger partial charge on any atom is 0.231 e. The van der Waals surface area contributed by atoms with E-state index in [1.165, 1.54) is 0 Å². The number of hydrogen-bond donors (Lipinski definition) is 1. The van der Waals surface area contributed by atoms with Crippen LogP contribution < -0.4 is 5.32 Å². The van der Waals surface area contributed by atoms with Crippen molar-refractivity contribution in [3.8, 4) is 11.1 Å². The highest BCUT2D eigenvalue weighted by molar-refractivity contribution is 5.96. The molecule has 0 radical (unpaired) electrons. The summed E-state index contributed by atoms with van der Waals surface area (Å²) >= 11 is 0. The zero-order valence-corrected chi connectivity index (χ0v) is 15.6. The average molecular weight is 378 g/mol. The first-order valence-corrected chi connectivity index (χ1v) is 9.17. The number of hydrogen-bond acceptors (Lipinski definition) is 5. The smallest absolute Gasteiger partial charge is 0.231 e. The SMILES string of the molecule is CCC(=O)c1cc(C)c(-c2cnc3cc(NC(=O)[C@H]4C[C@H]4F)ncc3c2)cn1. The van der Waals surface area contributed by atoms with Crippen molar-refractivity contribution in [1.29, 1.82) is 0 Å². The molecule has 0 bridgehead atoms. The van der Waals surface area contributed by atoms with Gasteiger partial charge in [0.25, 0.3) is 0 Å². The van der Waals surface area contributed by atoms with Crippen molar-refractivity contribution in [2.75, 3.05) is 5.32 Å². The predicted octanol–water partition coefficient (Wildman–Crippen LogP) is 3.89. The monoisotopic (exact) mass is 378 g/mol. The number of halogens is 1. The Hall–Kier alpha value is -3.22. The molecule has 0 aliphatic heterocycles. The Balaban J connectivity index is 1.60. The molecular formula is C21H19FN4O2. The van der Waals surface area contributed by atoms with Gasteiger partial charge in [-0.15, -0.1) is 0 Å². The van der Waals surface area contributed by atoms with Crippen LogP contribution in [0.25, 0.3) is 22.0 Å². The number of rotatable bonds is 5. The molecule has 0 spiro atoms. The number of ketones is 1. The molecular weight excluding hydrogens is 359 g/mol. The second kappa shape index (κ2) is 7.07. The van der Waals surface area contributed by atoms with E-state index in [9.17, 15) is 14.0 Å². The zero-order valence-electron chi connectivity index (χ0n) is 15.6. The van der Waals surface area contributed by atoms with Gasteiger partial charge in [0.15, 0.2) is 5.78 Å². The van der Waals surface area contributed by atoms with Crippen LogP contribution in [-0.4, -0.2) is 32.8 Å². The zero-order chi connectivity index (χ0) is 19.8. The highest BCUT2D eigenvalue weighted by Gasteiger charge is 2.43. The minimum absolute atomic E-state index is 0.00958. The Bertz CT molecular complexity index is 1100. The first-order valence-electron chi connectivity index (χ1n) is 9.17. The van der Waals surface area contributed by atoms with E-state index in [4.69, 9.17) is 0 Å². The van der Waals surface area contributed by atoms with Gasteiger partial charge in [-0.3, -0.25) is 19.6 Å². The lowest BCUT2D eigenvalue weighted by molar-refractivity contribution is -0.117. The molecule has 1 saturated carbocycles. The summed E-state index contributed by atoms with van der Waals surface area (Å²) in [6.45, 7) is 3.74. The van der Waals surface area contributed by atoms with Crippen LogP contribution in [0.1, 0.15) is 35.8 Å². The number of fused-ring (bicyclic) bond motifs is 1. The third kappa shape index (κ3) is 3.47. The van der Waals surface area contributed by atoms with Gasteiger partial charge >= 0.3 is 0 Å². The largest absolute Gasteiger partial charge is 0.310 e. The minimum Gasteiger partial charge on any atom is -0.310 e. The van der Waals surface area contributed by atoms with E-state index in [1.54, 1.807) is 30.7 Å². The Kier molecular flexibility index (Phi) is 4.58. The number of aryl methyl sites for hydroxylation is 1. The summed E-state index contributed by atoms with van der Waals surface area (Å²) < 4.78 is 13.0. The van der Waals surface area contributed by atoms with Crippen LogP contribution in [0.15, 0.2) is 36.8 Å². The number of anilines is 1. The number of alkyl halides is 1. The summed E-state index contributed by atoms with van der Waals surface area (Å²) in [5.74, 6) is -0.544. The molecule has 28 heavy (non-hydrogen) atoms. The van der Waals surface area contributed by atoms with Gasteiger partial charge in [-0.1, -0.05) is 6.92 Å². The molecule has 1 N–H and O–H groups in total. The number of carbonyl (C=O) groups is 2. The maximum atomic E-state index is 13.0. The molecule has 0 aromatic carbocycles. The number of nitrogens with one attached hydrogen (secondary N) is 1. The standard InChI is InChI=1S/C21H19FN4O2/c1-3-19(27)18-4-11(2)15(10-24-18)12-5-13-9-25-20(7-17(13)23-8-12)26-21(28)14-6-16(14)22/h4-5,7-10,14,16H,3,6H2,1-2H3,(H,25,26,28)/t14-,16+/m0/s1. The molecule has 1 aliphatic rings. The molecule has 1 amide bonds. The summed E-state index contributed by atoms with van der Waals surface area (Å²) in [4.78, 5) is 36.6. The van der Waals surface area contributed by atoms with Crippen LogP contribution in [0.5, 0.6) is 0 Å². The molecule has 142 valence electrons. The van der Waals surface area contributed by atoms with E-state index in [2.05, 4.69) is 20.3 Å². The van der Waals surface area contributed by atoms with Gasteiger partial charge in [-0.2, -0.15) is 0 Å². The van der Waals surface area contributed by atoms with Gasteiger partial charge in [0.1, 0.15) is 17.7 Å². The summed E-state index contributed by atoms with van der Waals surface area (Å²) in [6, 6.07) is 5.39. The van der Waals surface area contributed by atoms with Gasteiger partial charge in [0.05, 0.1) is 11.4 Å². The quantitative estimate of drug-likeness (QED) is 0.681. The predicted molar refractivity (Wildman–Crippen MR) is 104 cm³/mol. The lowest BCUT2D eigenvalue weighted by atomic mass is 10.0. The fourth-order valence-corrected chi connectivity index (χ4v) is 3.08. The normalized spacial score (nSPS) is 18.1. The number of Topliss-reactive ketones (excluding diaryl/α,β-unsaturated/α-hetero) is 1. The van der Waals surface area contributed by atoms with Gasteiger partial charge < -0.3 is 5.32 Å². The first kappa shape index (κ1) is 18.2. The second-order valence-corrected chi connectivity index (χ2v) is 6.99. The number of pyridine rings is 3. The van der Waals surface area contributed by atoms with Gasteiger partial charge in [-0.05, 0) is 31.0 Å². The highest BCUT2D eigenvalue weighted by Crippen LogP contribution is 2.34. The summed E-state index contributed by atoms with van der Waals surface area (Å²) in [5.41, 5.74) is 3.83. The van der Waals surface area contributed by atoms with Crippen molar-refractivity contribution in [3.05, 3.63) is 48.0 Å². The molecule has 6 nitrogen and oxygen atoms in total. The molecule has 4 rings (SSSR count). The number of nitrogens with zero attached hydrogens (tertiary/aromatic N) is 3. The number of amides is 1.